The van der Waals surface area contributed by atoms with Crippen molar-refractivity contribution in [1.29, 1.82) is 0 Å². The van der Waals surface area contributed by atoms with Crippen molar-refractivity contribution in [3.05, 3.63) is 53.2 Å². The first-order valence-electron chi connectivity index (χ1n) is 11.4. The number of amidine groups is 1. The van der Waals surface area contributed by atoms with E-state index in [-0.39, 0.29) is 24.2 Å². The molecule has 0 saturated carbocycles. The summed E-state index contributed by atoms with van der Waals surface area (Å²) < 4.78 is 10.4. The minimum atomic E-state index is -0.450. The number of hydrazine groups is 1. The number of aromatic nitrogens is 1. The number of nitrogens with two attached hydrogens (primary N) is 2. The smallest absolute Gasteiger partial charge is 0.260 e. The normalized spacial score (nSPS) is 12.1. The van der Waals surface area contributed by atoms with Gasteiger partial charge in [0, 0.05) is 20.2 Å². The molecule has 2 aromatic rings. The first-order valence-corrected chi connectivity index (χ1v) is 11.4. The molecule has 0 radical (unpaired) electrons. The Morgan fingerprint density at radius 3 is 2.61 bits per heavy atom. The molecule has 1 aromatic carbocycles. The summed E-state index contributed by atoms with van der Waals surface area (Å²) in [5, 5.41) is 17.0. The monoisotopic (exact) mass is 501 g/mol. The number of nitrogens with one attached hydrogen (secondary N) is 1. The molecular formula is C24H35N7O5. The van der Waals surface area contributed by atoms with Crippen LogP contribution in [0.2, 0.25) is 0 Å². The highest BCUT2D eigenvalue weighted by Crippen LogP contribution is 2.23. The lowest BCUT2D eigenvalue weighted by Crippen LogP contribution is -2.47. The van der Waals surface area contributed by atoms with Gasteiger partial charge in [0.05, 0.1) is 38.3 Å². The molecular weight excluding hydrogens is 466 g/mol. The molecule has 1 heterocycles. The molecule has 0 fully saturated rings. The number of methoxy groups -OCH3 is 2. The quantitative estimate of drug-likeness (QED) is 0.143. The number of benzene rings is 1. The number of pyridine rings is 1. The van der Waals surface area contributed by atoms with Crippen LogP contribution in [-0.4, -0.2) is 77.7 Å². The van der Waals surface area contributed by atoms with Gasteiger partial charge in [-0.2, -0.15) is 5.10 Å². The van der Waals surface area contributed by atoms with E-state index in [1.54, 1.807) is 55.3 Å². The molecule has 0 aliphatic carbocycles. The van der Waals surface area contributed by atoms with Crippen molar-refractivity contribution in [3.63, 3.8) is 0 Å². The van der Waals surface area contributed by atoms with E-state index >= 15 is 0 Å². The van der Waals surface area contributed by atoms with Crippen LogP contribution in [0.25, 0.3) is 0 Å². The largest absolute Gasteiger partial charge is 0.496 e. The maximum absolute atomic E-state index is 13.0. The lowest BCUT2D eigenvalue weighted by atomic mass is 10.1. The summed E-state index contributed by atoms with van der Waals surface area (Å²) in [5.41, 5.74) is 1.43. The standard InChI is InChI=1S/C24H35N7O5/c1-5-30(22(33)11-12-35-3)14-17-9-10-18(20(13-17)36-4)24(34)28-21-8-6-7-19(27-21)23(29-25)31(26)16(2)15-32/h6-10,13,16,32H,5,11-12,14-15,25-26H2,1-4H3,(H,27,28,34)/b29-23-. The number of ether oxygens (including phenoxy) is 2. The van der Waals surface area contributed by atoms with Crippen LogP contribution in [0.15, 0.2) is 41.5 Å². The minimum Gasteiger partial charge on any atom is -0.496 e. The molecule has 2 amide bonds. The van der Waals surface area contributed by atoms with E-state index in [1.807, 2.05) is 6.92 Å². The first kappa shape index (κ1) is 28.5. The van der Waals surface area contributed by atoms with Gasteiger partial charge in [-0.25, -0.2) is 10.8 Å². The van der Waals surface area contributed by atoms with Crippen LogP contribution in [0.1, 0.15) is 41.9 Å². The van der Waals surface area contributed by atoms with Crippen LogP contribution in [0.3, 0.4) is 0 Å². The molecule has 0 aliphatic heterocycles. The zero-order valence-corrected chi connectivity index (χ0v) is 21.1. The SMILES string of the molecule is CCN(Cc1ccc(C(=O)Nc2cccc(/C(=N/N)N(N)C(C)CO)n2)c(OC)c1)C(=O)CCOC. The van der Waals surface area contributed by atoms with Crippen LogP contribution in [0.5, 0.6) is 5.75 Å². The molecule has 6 N–H and O–H groups in total. The van der Waals surface area contributed by atoms with Gasteiger partial charge in [-0.15, -0.1) is 0 Å². The average molecular weight is 502 g/mol. The minimum absolute atomic E-state index is 0.0177. The average Bonchev–Trinajstić information content (AvgIpc) is 2.90. The lowest BCUT2D eigenvalue weighted by Gasteiger charge is -2.25. The molecule has 0 aliphatic rings. The van der Waals surface area contributed by atoms with Crippen molar-refractivity contribution in [1.82, 2.24) is 14.9 Å². The third-order valence-corrected chi connectivity index (χ3v) is 5.46. The van der Waals surface area contributed by atoms with Crippen LogP contribution in [0.4, 0.5) is 5.82 Å². The van der Waals surface area contributed by atoms with Crippen molar-refractivity contribution in [3.8, 4) is 5.75 Å². The lowest BCUT2D eigenvalue weighted by molar-refractivity contribution is -0.132. The summed E-state index contributed by atoms with van der Waals surface area (Å²) in [6.45, 7) is 4.67. The van der Waals surface area contributed by atoms with Gasteiger partial charge in [0.25, 0.3) is 5.91 Å². The van der Waals surface area contributed by atoms with Gasteiger partial charge < -0.3 is 30.6 Å². The first-order chi connectivity index (χ1) is 17.3. The zero-order chi connectivity index (χ0) is 26.7. The summed E-state index contributed by atoms with van der Waals surface area (Å²) in [5.74, 6) is 11.8. The predicted molar refractivity (Wildman–Crippen MR) is 136 cm³/mol. The number of amides is 2. The molecule has 1 unspecified atom stereocenters. The van der Waals surface area contributed by atoms with Gasteiger partial charge in [-0.05, 0) is 43.7 Å². The second kappa shape index (κ2) is 14.0. The van der Waals surface area contributed by atoms with Crippen LogP contribution in [-0.2, 0) is 16.1 Å². The number of hydrogen-bond acceptors (Lipinski definition) is 9. The van der Waals surface area contributed by atoms with Gasteiger partial charge in [0.15, 0.2) is 5.84 Å². The van der Waals surface area contributed by atoms with Crippen molar-refractivity contribution >= 4 is 23.5 Å². The van der Waals surface area contributed by atoms with E-state index in [2.05, 4.69) is 15.4 Å². The fraction of sp³-hybridized carbons (Fsp3) is 0.417. The van der Waals surface area contributed by atoms with E-state index in [1.165, 1.54) is 12.1 Å². The molecule has 0 saturated heterocycles. The van der Waals surface area contributed by atoms with Crippen molar-refractivity contribution in [2.45, 2.75) is 32.9 Å². The Bertz CT molecular complexity index is 1060. The number of nitrogens with zero attached hydrogens (tertiary/aromatic N) is 4. The highest BCUT2D eigenvalue weighted by Gasteiger charge is 2.19. The molecule has 12 nitrogen and oxygen atoms in total. The third kappa shape index (κ3) is 7.38. The number of aliphatic hydroxyl groups excluding tert-OH is 1. The summed E-state index contributed by atoms with van der Waals surface area (Å²) in [6.07, 6.45) is 0.297. The molecule has 36 heavy (non-hydrogen) atoms. The summed E-state index contributed by atoms with van der Waals surface area (Å²) in [7, 11) is 3.03. The topological polar surface area (TPSA) is 169 Å². The van der Waals surface area contributed by atoms with Gasteiger partial charge in [-0.1, -0.05) is 12.1 Å². The summed E-state index contributed by atoms with van der Waals surface area (Å²) in [4.78, 5) is 31.5. The second-order valence-corrected chi connectivity index (χ2v) is 7.94. The Morgan fingerprint density at radius 2 is 2.00 bits per heavy atom. The summed E-state index contributed by atoms with van der Waals surface area (Å²) >= 11 is 0. The molecule has 12 heteroatoms. The van der Waals surface area contributed by atoms with Crippen LogP contribution in [0, 0.1) is 0 Å². The maximum Gasteiger partial charge on any atom is 0.260 e. The highest BCUT2D eigenvalue weighted by atomic mass is 16.5. The summed E-state index contributed by atoms with van der Waals surface area (Å²) in [6, 6.07) is 9.60. The number of hydrogen-bond donors (Lipinski definition) is 4. The molecule has 1 aromatic heterocycles. The third-order valence-electron chi connectivity index (χ3n) is 5.46. The number of anilines is 1. The molecule has 1 atom stereocenters. The van der Waals surface area contributed by atoms with E-state index < -0.39 is 11.9 Å². The van der Waals surface area contributed by atoms with Crippen LogP contribution >= 0.6 is 0 Å². The molecule has 0 bridgehead atoms. The Labute approximate surface area is 210 Å². The second-order valence-electron chi connectivity index (χ2n) is 7.94. The van der Waals surface area contributed by atoms with E-state index in [0.717, 1.165) is 5.56 Å². The van der Waals surface area contributed by atoms with E-state index in [9.17, 15) is 14.7 Å². The predicted octanol–water partition coefficient (Wildman–Crippen LogP) is 0.904. The zero-order valence-electron chi connectivity index (χ0n) is 21.1. The number of carbonyl (C=O) groups is 2. The van der Waals surface area contributed by atoms with Gasteiger partial charge >= 0.3 is 0 Å². The van der Waals surface area contributed by atoms with E-state index in [0.29, 0.717) is 43.1 Å². The molecule has 2 rings (SSSR count). The number of rotatable bonds is 12. The fourth-order valence-electron chi connectivity index (χ4n) is 3.34. The van der Waals surface area contributed by atoms with Crippen LogP contribution < -0.4 is 21.7 Å². The molecule has 196 valence electrons. The Kier molecular flexibility index (Phi) is 11.1. The van der Waals surface area contributed by atoms with Crippen molar-refractivity contribution in [2.24, 2.45) is 16.8 Å². The Morgan fingerprint density at radius 1 is 1.25 bits per heavy atom. The fourth-order valence-corrected chi connectivity index (χ4v) is 3.34. The molecule has 0 spiro atoms. The van der Waals surface area contributed by atoms with Crippen molar-refractivity contribution in [2.75, 3.05) is 39.3 Å². The van der Waals surface area contributed by atoms with E-state index in [4.69, 9.17) is 21.2 Å². The Hall–Kier alpha value is -3.74. The highest BCUT2D eigenvalue weighted by molar-refractivity contribution is 6.06. The number of aliphatic hydroxyl groups is 1. The maximum atomic E-state index is 13.0. The van der Waals surface area contributed by atoms with Crippen molar-refractivity contribution < 1.29 is 24.2 Å². The van der Waals surface area contributed by atoms with Gasteiger partial charge in [-0.3, -0.25) is 14.6 Å². The van der Waals surface area contributed by atoms with Gasteiger partial charge in [0.1, 0.15) is 17.3 Å². The number of hydrazone groups is 1. The number of carbonyl (C=O) groups excluding carboxylic acids is 2. The Balaban J connectivity index is 2.20. The van der Waals surface area contributed by atoms with Gasteiger partial charge in [0.2, 0.25) is 5.91 Å².